The highest BCUT2D eigenvalue weighted by atomic mass is 32.1. The van der Waals surface area contributed by atoms with Crippen molar-refractivity contribution < 1.29 is 9.59 Å². The molecule has 7 heteroatoms. The Balaban J connectivity index is 1.37. The number of likely N-dealkylation sites (tertiary alicyclic amines) is 1. The maximum absolute atomic E-state index is 12.8. The average molecular weight is 413 g/mol. The van der Waals surface area contributed by atoms with Crippen LogP contribution in [0.25, 0.3) is 0 Å². The van der Waals surface area contributed by atoms with Gasteiger partial charge in [-0.2, -0.15) is 0 Å². The SMILES string of the molecule is C[C@@H](C(=O)NCc1cc2c(s1)CNC2)N1CCC(c2ccccc2)CC1C(N)=O. The van der Waals surface area contributed by atoms with E-state index in [2.05, 4.69) is 28.8 Å². The van der Waals surface area contributed by atoms with Crippen molar-refractivity contribution in [2.45, 2.75) is 57.4 Å². The number of piperidine rings is 1. The van der Waals surface area contributed by atoms with Gasteiger partial charge >= 0.3 is 0 Å². The number of hydrogen-bond acceptors (Lipinski definition) is 5. The topological polar surface area (TPSA) is 87.5 Å². The molecular weight excluding hydrogens is 384 g/mol. The predicted octanol–water partition coefficient (Wildman–Crippen LogP) is 2.09. The summed E-state index contributed by atoms with van der Waals surface area (Å²) in [4.78, 5) is 29.5. The fourth-order valence-electron chi connectivity index (χ4n) is 4.45. The summed E-state index contributed by atoms with van der Waals surface area (Å²) < 4.78 is 0. The van der Waals surface area contributed by atoms with Gasteiger partial charge in [-0.05, 0) is 42.9 Å². The van der Waals surface area contributed by atoms with Gasteiger partial charge in [0.25, 0.3) is 0 Å². The maximum atomic E-state index is 12.8. The summed E-state index contributed by atoms with van der Waals surface area (Å²) in [6.07, 6.45) is 1.57. The zero-order chi connectivity index (χ0) is 20.4. The second kappa shape index (κ2) is 8.65. The van der Waals surface area contributed by atoms with Gasteiger partial charge in [0.1, 0.15) is 0 Å². The fraction of sp³-hybridized carbons (Fsp3) is 0.455. The second-order valence-corrected chi connectivity index (χ2v) is 9.17. The molecular formula is C22H28N4O2S. The van der Waals surface area contributed by atoms with E-state index < -0.39 is 12.1 Å². The Labute approximate surface area is 175 Å². The molecule has 29 heavy (non-hydrogen) atoms. The molecule has 2 unspecified atom stereocenters. The van der Waals surface area contributed by atoms with Crippen LogP contribution in [-0.4, -0.2) is 35.3 Å². The number of rotatable bonds is 6. The van der Waals surface area contributed by atoms with E-state index in [1.165, 1.54) is 20.9 Å². The normalized spacial score (nSPS) is 22.8. The Morgan fingerprint density at radius 1 is 1.31 bits per heavy atom. The van der Waals surface area contributed by atoms with Crippen LogP contribution in [0.5, 0.6) is 0 Å². The van der Waals surface area contributed by atoms with E-state index in [0.29, 0.717) is 25.4 Å². The third-order valence-electron chi connectivity index (χ3n) is 6.11. The summed E-state index contributed by atoms with van der Waals surface area (Å²) in [5.74, 6) is -0.115. The Hall–Kier alpha value is -2.22. The van der Waals surface area contributed by atoms with Crippen LogP contribution in [0.2, 0.25) is 0 Å². The number of benzene rings is 1. The van der Waals surface area contributed by atoms with E-state index in [0.717, 1.165) is 19.5 Å². The third kappa shape index (κ3) is 4.37. The van der Waals surface area contributed by atoms with Crippen molar-refractivity contribution in [3.8, 4) is 0 Å². The van der Waals surface area contributed by atoms with Gasteiger partial charge in [0.15, 0.2) is 0 Å². The van der Waals surface area contributed by atoms with Crippen molar-refractivity contribution in [1.82, 2.24) is 15.5 Å². The molecule has 0 spiro atoms. The number of carbonyl (C=O) groups is 2. The molecule has 4 rings (SSSR count). The highest BCUT2D eigenvalue weighted by Crippen LogP contribution is 2.32. The van der Waals surface area contributed by atoms with Crippen molar-refractivity contribution in [2.24, 2.45) is 5.73 Å². The molecule has 3 atom stereocenters. The number of nitrogens with two attached hydrogens (primary N) is 1. The number of thiophene rings is 1. The van der Waals surface area contributed by atoms with Gasteiger partial charge in [-0.3, -0.25) is 14.5 Å². The van der Waals surface area contributed by atoms with E-state index in [1.807, 2.05) is 30.0 Å². The minimum absolute atomic E-state index is 0.0545. The summed E-state index contributed by atoms with van der Waals surface area (Å²) >= 11 is 1.75. The predicted molar refractivity (Wildman–Crippen MR) is 114 cm³/mol. The number of amides is 2. The summed E-state index contributed by atoms with van der Waals surface area (Å²) in [5.41, 5.74) is 8.29. The van der Waals surface area contributed by atoms with Gasteiger partial charge in [0, 0.05) is 29.4 Å². The minimum Gasteiger partial charge on any atom is -0.368 e. The van der Waals surface area contributed by atoms with Crippen molar-refractivity contribution >= 4 is 23.2 Å². The van der Waals surface area contributed by atoms with Crippen molar-refractivity contribution in [1.29, 1.82) is 0 Å². The standard InChI is InChI=1S/C22H28N4O2S/c1-14(22(28)25-12-18-9-17-11-24-13-20(17)29-18)26-8-7-16(10-19(26)21(23)27)15-5-3-2-4-6-15/h2-6,9,14,16,19,24H,7-8,10-13H2,1H3,(H2,23,27)(H,25,28)/t14-,16?,19?/m0/s1. The van der Waals surface area contributed by atoms with Gasteiger partial charge in [-0.25, -0.2) is 0 Å². The van der Waals surface area contributed by atoms with Gasteiger partial charge < -0.3 is 16.4 Å². The van der Waals surface area contributed by atoms with Crippen molar-refractivity contribution in [3.63, 3.8) is 0 Å². The van der Waals surface area contributed by atoms with Crippen LogP contribution in [0, 0.1) is 0 Å². The molecule has 0 saturated carbocycles. The summed E-state index contributed by atoms with van der Waals surface area (Å²) in [7, 11) is 0. The molecule has 6 nitrogen and oxygen atoms in total. The fourth-order valence-corrected chi connectivity index (χ4v) is 5.55. The molecule has 1 aromatic heterocycles. The number of fused-ring (bicyclic) bond motifs is 1. The molecule has 2 aliphatic heterocycles. The molecule has 0 bridgehead atoms. The first kappa shape index (κ1) is 20.1. The molecule has 4 N–H and O–H groups in total. The lowest BCUT2D eigenvalue weighted by atomic mass is 9.84. The van der Waals surface area contributed by atoms with Crippen molar-refractivity contribution in [3.05, 3.63) is 57.3 Å². The number of nitrogens with one attached hydrogen (secondary N) is 2. The van der Waals surface area contributed by atoms with E-state index in [4.69, 9.17) is 5.73 Å². The van der Waals surface area contributed by atoms with Gasteiger partial charge in [-0.1, -0.05) is 30.3 Å². The highest BCUT2D eigenvalue weighted by molar-refractivity contribution is 7.12. The number of primary amides is 1. The first-order chi connectivity index (χ1) is 14.0. The zero-order valence-corrected chi connectivity index (χ0v) is 17.5. The smallest absolute Gasteiger partial charge is 0.237 e. The van der Waals surface area contributed by atoms with Crippen LogP contribution in [0.3, 0.4) is 0 Å². The number of carbonyl (C=O) groups excluding carboxylic acids is 2. The Morgan fingerprint density at radius 3 is 2.83 bits per heavy atom. The van der Waals surface area contributed by atoms with Crippen LogP contribution >= 0.6 is 11.3 Å². The Kier molecular flexibility index (Phi) is 5.99. The third-order valence-corrected chi connectivity index (χ3v) is 7.28. The highest BCUT2D eigenvalue weighted by Gasteiger charge is 2.37. The summed E-state index contributed by atoms with van der Waals surface area (Å²) in [5, 5.41) is 6.37. The summed E-state index contributed by atoms with van der Waals surface area (Å²) in [6, 6.07) is 11.6. The van der Waals surface area contributed by atoms with E-state index in [1.54, 1.807) is 11.3 Å². The van der Waals surface area contributed by atoms with Crippen molar-refractivity contribution in [2.75, 3.05) is 6.54 Å². The molecule has 0 aliphatic carbocycles. The van der Waals surface area contributed by atoms with Gasteiger partial charge in [0.05, 0.1) is 18.6 Å². The molecule has 2 amide bonds. The summed E-state index contributed by atoms with van der Waals surface area (Å²) in [6.45, 7) is 4.91. The lowest BCUT2D eigenvalue weighted by molar-refractivity contribution is -0.132. The molecule has 3 heterocycles. The average Bonchev–Trinajstić information content (AvgIpc) is 3.33. The number of hydrogen-bond donors (Lipinski definition) is 3. The van der Waals surface area contributed by atoms with E-state index >= 15 is 0 Å². The van der Waals surface area contributed by atoms with Crippen LogP contribution in [0.15, 0.2) is 36.4 Å². The lowest BCUT2D eigenvalue weighted by Gasteiger charge is -2.40. The maximum Gasteiger partial charge on any atom is 0.237 e. The monoisotopic (exact) mass is 412 g/mol. The van der Waals surface area contributed by atoms with Gasteiger partial charge in [-0.15, -0.1) is 11.3 Å². The lowest BCUT2D eigenvalue weighted by Crippen LogP contribution is -2.56. The molecule has 1 aromatic carbocycles. The molecule has 2 aliphatic rings. The first-order valence-electron chi connectivity index (χ1n) is 10.2. The van der Waals surface area contributed by atoms with Crippen LogP contribution in [-0.2, 0) is 29.2 Å². The quantitative estimate of drug-likeness (QED) is 0.678. The van der Waals surface area contributed by atoms with E-state index in [-0.39, 0.29) is 11.8 Å². The van der Waals surface area contributed by atoms with Crippen LogP contribution < -0.4 is 16.4 Å². The minimum atomic E-state index is -0.425. The van der Waals surface area contributed by atoms with Crippen LogP contribution in [0.1, 0.15) is 46.6 Å². The Bertz CT molecular complexity index is 861. The first-order valence-corrected chi connectivity index (χ1v) is 11.0. The second-order valence-electron chi connectivity index (χ2n) is 7.95. The largest absolute Gasteiger partial charge is 0.368 e. The Morgan fingerprint density at radius 2 is 2.10 bits per heavy atom. The molecule has 1 saturated heterocycles. The molecule has 2 aromatic rings. The molecule has 0 radical (unpaired) electrons. The van der Waals surface area contributed by atoms with Gasteiger partial charge in [0.2, 0.25) is 11.8 Å². The number of nitrogens with zero attached hydrogens (tertiary/aromatic N) is 1. The zero-order valence-electron chi connectivity index (χ0n) is 16.7. The molecule has 1 fully saturated rings. The van der Waals surface area contributed by atoms with E-state index in [9.17, 15) is 9.59 Å². The molecule has 154 valence electrons. The van der Waals surface area contributed by atoms with Crippen LogP contribution in [0.4, 0.5) is 0 Å².